The summed E-state index contributed by atoms with van der Waals surface area (Å²) in [4.78, 5) is 26.2. The van der Waals surface area contributed by atoms with E-state index in [1.54, 1.807) is 31.2 Å². The zero-order valence-electron chi connectivity index (χ0n) is 15.7. The Morgan fingerprint density at radius 2 is 1.81 bits per heavy atom. The maximum atomic E-state index is 12.5. The Morgan fingerprint density at radius 1 is 1.07 bits per heavy atom. The molecule has 0 aliphatic carbocycles. The van der Waals surface area contributed by atoms with Gasteiger partial charge in [-0.3, -0.25) is 0 Å². The summed E-state index contributed by atoms with van der Waals surface area (Å²) in [6.45, 7) is 3.60. The van der Waals surface area contributed by atoms with Crippen molar-refractivity contribution in [2.75, 3.05) is 25.0 Å². The molecule has 1 fully saturated rings. The van der Waals surface area contributed by atoms with Crippen LogP contribution in [0, 0.1) is 5.92 Å². The van der Waals surface area contributed by atoms with Crippen LogP contribution >= 0.6 is 0 Å². The van der Waals surface area contributed by atoms with Crippen molar-refractivity contribution < 1.29 is 14.3 Å². The van der Waals surface area contributed by atoms with E-state index in [1.807, 2.05) is 11.0 Å². The lowest BCUT2D eigenvalue weighted by atomic mass is 9.90. The van der Waals surface area contributed by atoms with Gasteiger partial charge in [0.15, 0.2) is 0 Å². The number of ether oxygens (including phenoxy) is 1. The standard InChI is InChI=1S/C22H26N2O3/c1-2-27-21(25)19-9-6-10-20(16-19)23-22(26)24-13-11-18(12-14-24)15-17-7-4-3-5-8-17/h3-10,16,18H,2,11-15H2,1H3,(H,23,26). The molecule has 0 bridgehead atoms. The number of anilines is 1. The number of piperidine rings is 1. The zero-order chi connectivity index (χ0) is 19.1. The SMILES string of the molecule is CCOC(=O)c1cccc(NC(=O)N2CCC(Cc3ccccc3)CC2)c1. The number of esters is 1. The second-order valence-electron chi connectivity index (χ2n) is 6.85. The Balaban J connectivity index is 1.51. The van der Waals surface area contributed by atoms with Gasteiger partial charge in [0.05, 0.1) is 12.2 Å². The van der Waals surface area contributed by atoms with Crippen LogP contribution in [-0.2, 0) is 11.2 Å². The summed E-state index contributed by atoms with van der Waals surface area (Å²) >= 11 is 0. The third-order valence-corrected chi connectivity index (χ3v) is 4.89. The van der Waals surface area contributed by atoms with E-state index in [4.69, 9.17) is 4.74 Å². The summed E-state index contributed by atoms with van der Waals surface area (Å²) in [5.74, 6) is 0.235. The number of likely N-dealkylation sites (tertiary alicyclic amines) is 1. The van der Waals surface area contributed by atoms with E-state index in [2.05, 4.69) is 29.6 Å². The molecule has 0 unspecified atom stereocenters. The average Bonchev–Trinajstić information content (AvgIpc) is 2.70. The molecular weight excluding hydrogens is 340 g/mol. The first kappa shape index (κ1) is 19.0. The molecule has 1 aliphatic heterocycles. The van der Waals surface area contributed by atoms with E-state index in [0.29, 0.717) is 23.8 Å². The van der Waals surface area contributed by atoms with Crippen LogP contribution in [0.15, 0.2) is 54.6 Å². The molecule has 1 heterocycles. The van der Waals surface area contributed by atoms with Gasteiger partial charge in [0.25, 0.3) is 0 Å². The maximum Gasteiger partial charge on any atom is 0.338 e. The van der Waals surface area contributed by atoms with E-state index in [9.17, 15) is 9.59 Å². The van der Waals surface area contributed by atoms with E-state index >= 15 is 0 Å². The third-order valence-electron chi connectivity index (χ3n) is 4.89. The molecule has 1 N–H and O–H groups in total. The molecule has 5 heteroatoms. The lowest BCUT2D eigenvalue weighted by Crippen LogP contribution is -2.41. The van der Waals surface area contributed by atoms with Gasteiger partial charge < -0.3 is 15.0 Å². The van der Waals surface area contributed by atoms with Gasteiger partial charge in [-0.15, -0.1) is 0 Å². The van der Waals surface area contributed by atoms with Crippen LogP contribution in [0.2, 0.25) is 0 Å². The van der Waals surface area contributed by atoms with Gasteiger partial charge in [0.2, 0.25) is 0 Å². The number of benzene rings is 2. The highest BCUT2D eigenvalue weighted by atomic mass is 16.5. The molecule has 1 saturated heterocycles. The van der Waals surface area contributed by atoms with Crippen LogP contribution < -0.4 is 5.32 Å². The number of nitrogens with one attached hydrogen (secondary N) is 1. The Bertz CT molecular complexity index is 768. The van der Waals surface area contributed by atoms with Gasteiger partial charge in [-0.1, -0.05) is 36.4 Å². The predicted octanol–water partition coefficient (Wildman–Crippen LogP) is 4.35. The Hall–Kier alpha value is -2.82. The van der Waals surface area contributed by atoms with Crippen molar-refractivity contribution >= 4 is 17.7 Å². The highest BCUT2D eigenvalue weighted by Crippen LogP contribution is 2.22. The fraction of sp³-hybridized carbons (Fsp3) is 0.364. The van der Waals surface area contributed by atoms with Gasteiger partial charge in [-0.2, -0.15) is 0 Å². The van der Waals surface area contributed by atoms with Gasteiger partial charge >= 0.3 is 12.0 Å². The summed E-state index contributed by atoms with van der Waals surface area (Å²) in [5, 5.41) is 2.89. The summed E-state index contributed by atoms with van der Waals surface area (Å²) in [7, 11) is 0. The highest BCUT2D eigenvalue weighted by Gasteiger charge is 2.23. The fourth-order valence-corrected chi connectivity index (χ4v) is 3.43. The number of nitrogens with zero attached hydrogens (tertiary/aromatic N) is 1. The minimum absolute atomic E-state index is 0.117. The molecule has 142 valence electrons. The third kappa shape index (κ3) is 5.33. The summed E-state index contributed by atoms with van der Waals surface area (Å²) in [5.41, 5.74) is 2.41. The van der Waals surface area contributed by atoms with E-state index in [-0.39, 0.29) is 12.0 Å². The lowest BCUT2D eigenvalue weighted by molar-refractivity contribution is 0.0526. The Kier molecular flexibility index (Phi) is 6.47. The van der Waals surface area contributed by atoms with E-state index < -0.39 is 0 Å². The number of hydrogen-bond donors (Lipinski definition) is 1. The molecule has 2 amide bonds. The van der Waals surface area contributed by atoms with Crippen molar-refractivity contribution in [2.24, 2.45) is 5.92 Å². The molecule has 2 aromatic carbocycles. The second kappa shape index (κ2) is 9.21. The molecule has 0 spiro atoms. The topological polar surface area (TPSA) is 58.6 Å². The number of amides is 2. The fourth-order valence-electron chi connectivity index (χ4n) is 3.43. The van der Waals surface area contributed by atoms with Crippen molar-refractivity contribution in [1.29, 1.82) is 0 Å². The number of urea groups is 1. The molecule has 0 aromatic heterocycles. The quantitative estimate of drug-likeness (QED) is 0.801. The number of carbonyl (C=O) groups excluding carboxylic acids is 2. The molecule has 1 aliphatic rings. The van der Waals surface area contributed by atoms with Crippen molar-refractivity contribution in [3.8, 4) is 0 Å². The van der Waals surface area contributed by atoms with Crippen molar-refractivity contribution in [1.82, 2.24) is 4.90 Å². The largest absolute Gasteiger partial charge is 0.462 e. The first-order chi connectivity index (χ1) is 13.2. The van der Waals surface area contributed by atoms with Crippen molar-refractivity contribution in [3.63, 3.8) is 0 Å². The minimum atomic E-state index is -0.379. The normalized spacial score (nSPS) is 14.6. The number of hydrogen-bond acceptors (Lipinski definition) is 3. The van der Waals surface area contributed by atoms with Crippen LogP contribution in [0.5, 0.6) is 0 Å². The predicted molar refractivity (Wildman–Crippen MR) is 106 cm³/mol. The minimum Gasteiger partial charge on any atom is -0.462 e. The monoisotopic (exact) mass is 366 g/mol. The van der Waals surface area contributed by atoms with Gasteiger partial charge in [0, 0.05) is 18.8 Å². The van der Waals surface area contributed by atoms with Crippen LogP contribution in [0.1, 0.15) is 35.7 Å². The summed E-state index contributed by atoms with van der Waals surface area (Å²) in [6, 6.07) is 17.2. The maximum absolute atomic E-state index is 12.5. The zero-order valence-corrected chi connectivity index (χ0v) is 15.7. The van der Waals surface area contributed by atoms with E-state index in [1.165, 1.54) is 5.56 Å². The van der Waals surface area contributed by atoms with Crippen LogP contribution in [0.3, 0.4) is 0 Å². The molecule has 27 heavy (non-hydrogen) atoms. The summed E-state index contributed by atoms with van der Waals surface area (Å²) in [6.07, 6.45) is 3.08. The molecule has 3 rings (SSSR count). The van der Waals surface area contributed by atoms with Crippen molar-refractivity contribution in [2.45, 2.75) is 26.2 Å². The number of rotatable bonds is 5. The molecule has 0 radical (unpaired) electrons. The smallest absolute Gasteiger partial charge is 0.338 e. The molecule has 0 saturated carbocycles. The van der Waals surface area contributed by atoms with Crippen LogP contribution in [-0.4, -0.2) is 36.6 Å². The van der Waals surface area contributed by atoms with Crippen LogP contribution in [0.4, 0.5) is 10.5 Å². The molecule has 2 aromatic rings. The molecular formula is C22H26N2O3. The van der Waals surface area contributed by atoms with E-state index in [0.717, 1.165) is 32.4 Å². The van der Waals surface area contributed by atoms with Gasteiger partial charge in [-0.05, 0) is 55.9 Å². The second-order valence-corrected chi connectivity index (χ2v) is 6.85. The summed E-state index contributed by atoms with van der Waals surface area (Å²) < 4.78 is 5.00. The first-order valence-corrected chi connectivity index (χ1v) is 9.52. The van der Waals surface area contributed by atoms with Gasteiger partial charge in [0.1, 0.15) is 0 Å². The lowest BCUT2D eigenvalue weighted by Gasteiger charge is -2.32. The Labute approximate surface area is 160 Å². The number of carbonyl (C=O) groups is 2. The molecule has 0 atom stereocenters. The average molecular weight is 366 g/mol. The highest BCUT2D eigenvalue weighted by molar-refractivity contribution is 5.94. The Morgan fingerprint density at radius 3 is 2.52 bits per heavy atom. The van der Waals surface area contributed by atoms with Crippen LogP contribution in [0.25, 0.3) is 0 Å². The molecule has 5 nitrogen and oxygen atoms in total. The van der Waals surface area contributed by atoms with Gasteiger partial charge in [-0.25, -0.2) is 9.59 Å². The first-order valence-electron chi connectivity index (χ1n) is 9.52. The van der Waals surface area contributed by atoms with Crippen molar-refractivity contribution in [3.05, 3.63) is 65.7 Å².